The van der Waals surface area contributed by atoms with Gasteiger partial charge in [0.1, 0.15) is 0 Å². The van der Waals surface area contributed by atoms with Crippen LogP contribution in [0.3, 0.4) is 0 Å². The van der Waals surface area contributed by atoms with Gasteiger partial charge in [0.15, 0.2) is 0 Å². The quantitative estimate of drug-likeness (QED) is 0.753. The van der Waals surface area contributed by atoms with E-state index >= 15 is 0 Å². The Morgan fingerprint density at radius 3 is 2.65 bits per heavy atom. The maximum absolute atomic E-state index is 12.6. The van der Waals surface area contributed by atoms with Crippen LogP contribution in [0.25, 0.3) is 0 Å². The summed E-state index contributed by atoms with van der Waals surface area (Å²) in [6, 6.07) is 4.42. The molecule has 8 nitrogen and oxygen atoms in total. The predicted molar refractivity (Wildman–Crippen MR) is 98.3 cm³/mol. The molecule has 1 aliphatic heterocycles. The Hall–Kier alpha value is -1.68. The number of rotatable bonds is 5. The maximum Gasteiger partial charge on any atom is 0.337 e. The van der Waals surface area contributed by atoms with Crippen molar-refractivity contribution in [2.24, 2.45) is 5.92 Å². The second kappa shape index (κ2) is 8.34. The highest BCUT2D eigenvalue weighted by atomic mass is 35.5. The summed E-state index contributed by atoms with van der Waals surface area (Å²) < 4.78 is 31.6. The van der Waals surface area contributed by atoms with Crippen molar-refractivity contribution in [2.45, 2.75) is 12.8 Å². The van der Waals surface area contributed by atoms with Crippen molar-refractivity contribution in [2.75, 3.05) is 39.6 Å². The van der Waals surface area contributed by atoms with Gasteiger partial charge in [0.25, 0.3) is 10.2 Å². The molecule has 1 fully saturated rings. The minimum absolute atomic E-state index is 0.0979. The smallest absolute Gasteiger partial charge is 0.337 e. The Balaban J connectivity index is 2.14. The van der Waals surface area contributed by atoms with E-state index in [1.165, 1.54) is 43.7 Å². The number of benzene rings is 1. The van der Waals surface area contributed by atoms with Gasteiger partial charge in [-0.05, 0) is 31.0 Å². The number of nitrogens with one attached hydrogen (secondary N) is 1. The van der Waals surface area contributed by atoms with Gasteiger partial charge in [-0.3, -0.25) is 4.79 Å². The maximum atomic E-state index is 12.6. The Bertz CT molecular complexity index is 797. The fourth-order valence-electron chi connectivity index (χ4n) is 2.70. The minimum atomic E-state index is -3.57. The number of carbonyl (C=O) groups is 2. The lowest BCUT2D eigenvalue weighted by Gasteiger charge is -2.32. The van der Waals surface area contributed by atoms with E-state index in [-0.39, 0.29) is 28.7 Å². The molecule has 1 aromatic carbocycles. The third-order valence-corrected chi connectivity index (χ3v) is 6.42. The number of esters is 1. The first kappa shape index (κ1) is 20.6. The number of hydrogen-bond donors (Lipinski definition) is 1. The van der Waals surface area contributed by atoms with E-state index in [0.29, 0.717) is 19.4 Å². The molecule has 1 N–H and O–H groups in total. The van der Waals surface area contributed by atoms with Crippen LogP contribution in [0.2, 0.25) is 5.02 Å². The number of nitrogens with zero attached hydrogens (tertiary/aromatic N) is 2. The van der Waals surface area contributed by atoms with Gasteiger partial charge in [-0.25, -0.2) is 4.79 Å². The van der Waals surface area contributed by atoms with Gasteiger partial charge in [0.05, 0.1) is 29.3 Å². The molecular weight excluding hydrogens is 382 g/mol. The molecular formula is C16H22ClN3O5S. The van der Waals surface area contributed by atoms with Crippen molar-refractivity contribution in [1.29, 1.82) is 0 Å². The highest BCUT2D eigenvalue weighted by molar-refractivity contribution is 7.86. The monoisotopic (exact) mass is 403 g/mol. The zero-order valence-electron chi connectivity index (χ0n) is 14.9. The van der Waals surface area contributed by atoms with Gasteiger partial charge in [-0.1, -0.05) is 11.6 Å². The predicted octanol–water partition coefficient (Wildman–Crippen LogP) is 1.58. The molecule has 1 amide bonds. The van der Waals surface area contributed by atoms with Crippen molar-refractivity contribution in [3.05, 3.63) is 28.8 Å². The first-order chi connectivity index (χ1) is 12.2. The number of methoxy groups -OCH3 is 1. The molecule has 1 atom stereocenters. The number of hydrogen-bond acceptors (Lipinski definition) is 5. The molecule has 0 radical (unpaired) electrons. The lowest BCUT2D eigenvalue weighted by atomic mass is 9.98. The number of anilines is 1. The zero-order chi connectivity index (χ0) is 19.5. The third kappa shape index (κ3) is 4.53. The molecule has 0 unspecified atom stereocenters. The van der Waals surface area contributed by atoms with Crippen molar-refractivity contribution < 1.29 is 22.7 Å². The van der Waals surface area contributed by atoms with Crippen LogP contribution in [0.5, 0.6) is 0 Å². The third-order valence-electron chi connectivity index (χ3n) is 4.19. The van der Waals surface area contributed by atoms with Gasteiger partial charge in [0.2, 0.25) is 5.91 Å². The van der Waals surface area contributed by atoms with E-state index in [0.717, 1.165) is 4.31 Å². The summed E-state index contributed by atoms with van der Waals surface area (Å²) in [7, 11) is 0.602. The normalized spacial score (nSPS) is 18.6. The zero-order valence-corrected chi connectivity index (χ0v) is 16.4. The molecule has 0 saturated carbocycles. The summed E-state index contributed by atoms with van der Waals surface area (Å²) in [6.45, 7) is 0.476. The molecule has 1 aromatic rings. The van der Waals surface area contributed by atoms with Gasteiger partial charge in [-0.15, -0.1) is 0 Å². The number of piperidine rings is 1. The molecule has 1 aliphatic rings. The molecule has 0 aliphatic carbocycles. The highest BCUT2D eigenvalue weighted by Crippen LogP contribution is 2.26. The summed E-state index contributed by atoms with van der Waals surface area (Å²) in [6.07, 6.45) is 1.15. The standard InChI is InChI=1S/C16H22ClN3O5S/c1-19(2)26(23,24)20-8-4-5-12(10-20)15(21)18-14-9-11(16(22)25-3)6-7-13(14)17/h6-7,9,12H,4-5,8,10H2,1-3H3,(H,18,21)/t12-/m0/s1. The van der Waals surface area contributed by atoms with Crippen LogP contribution >= 0.6 is 11.6 Å². The van der Waals surface area contributed by atoms with Crippen LogP contribution in [-0.4, -0.2) is 63.2 Å². The lowest BCUT2D eigenvalue weighted by Crippen LogP contribution is -2.47. The lowest BCUT2D eigenvalue weighted by molar-refractivity contribution is -0.120. The Kier molecular flexibility index (Phi) is 6.62. The molecule has 0 aromatic heterocycles. The van der Waals surface area contributed by atoms with E-state index in [2.05, 4.69) is 10.1 Å². The summed E-state index contributed by atoms with van der Waals surface area (Å²) >= 11 is 6.09. The highest BCUT2D eigenvalue weighted by Gasteiger charge is 2.33. The fourth-order valence-corrected chi connectivity index (χ4v) is 4.05. The van der Waals surface area contributed by atoms with Crippen LogP contribution in [0.15, 0.2) is 18.2 Å². The SMILES string of the molecule is COC(=O)c1ccc(Cl)c(NC(=O)[C@H]2CCCN(S(=O)(=O)N(C)C)C2)c1. The molecule has 2 rings (SSSR count). The van der Waals surface area contributed by atoms with E-state index in [9.17, 15) is 18.0 Å². The molecule has 1 heterocycles. The molecule has 144 valence electrons. The second-order valence-electron chi connectivity index (χ2n) is 6.16. The van der Waals surface area contributed by atoms with Crippen LogP contribution in [-0.2, 0) is 19.7 Å². The van der Waals surface area contributed by atoms with Gasteiger partial charge in [-0.2, -0.15) is 17.0 Å². The van der Waals surface area contributed by atoms with E-state index in [1.807, 2.05) is 0 Å². The van der Waals surface area contributed by atoms with Crippen LogP contribution < -0.4 is 5.32 Å². The first-order valence-electron chi connectivity index (χ1n) is 8.03. The molecule has 0 bridgehead atoms. The number of carbonyl (C=O) groups excluding carboxylic acids is 2. The summed E-state index contributed by atoms with van der Waals surface area (Å²) in [5.74, 6) is -1.39. The Labute approximate surface area is 158 Å². The average Bonchev–Trinajstić information content (AvgIpc) is 2.62. The minimum Gasteiger partial charge on any atom is -0.465 e. The van der Waals surface area contributed by atoms with Crippen molar-refractivity contribution >= 4 is 39.4 Å². The summed E-state index contributed by atoms with van der Waals surface area (Å²) in [5.41, 5.74) is 0.541. The molecule has 1 saturated heterocycles. The van der Waals surface area contributed by atoms with Gasteiger partial charge in [0, 0.05) is 27.2 Å². The summed E-state index contributed by atoms with van der Waals surface area (Å²) in [5, 5.41) is 2.96. The van der Waals surface area contributed by atoms with Crippen LogP contribution in [0.1, 0.15) is 23.2 Å². The number of halogens is 1. The molecule has 26 heavy (non-hydrogen) atoms. The molecule has 0 spiro atoms. The number of amides is 1. The van der Waals surface area contributed by atoms with Crippen molar-refractivity contribution in [1.82, 2.24) is 8.61 Å². The van der Waals surface area contributed by atoms with E-state index in [1.54, 1.807) is 0 Å². The van der Waals surface area contributed by atoms with Crippen molar-refractivity contribution in [3.8, 4) is 0 Å². The van der Waals surface area contributed by atoms with Crippen molar-refractivity contribution in [3.63, 3.8) is 0 Å². The van der Waals surface area contributed by atoms with Crippen LogP contribution in [0.4, 0.5) is 5.69 Å². The Morgan fingerprint density at radius 2 is 2.04 bits per heavy atom. The second-order valence-corrected chi connectivity index (χ2v) is 8.71. The van der Waals surface area contributed by atoms with E-state index in [4.69, 9.17) is 11.6 Å². The fraction of sp³-hybridized carbons (Fsp3) is 0.500. The van der Waals surface area contributed by atoms with Gasteiger partial charge < -0.3 is 10.1 Å². The largest absolute Gasteiger partial charge is 0.465 e. The molecule has 10 heteroatoms. The number of ether oxygens (including phenoxy) is 1. The van der Waals surface area contributed by atoms with E-state index < -0.39 is 22.1 Å². The average molecular weight is 404 g/mol. The Morgan fingerprint density at radius 1 is 1.35 bits per heavy atom. The summed E-state index contributed by atoms with van der Waals surface area (Å²) in [4.78, 5) is 24.2. The first-order valence-corrected chi connectivity index (χ1v) is 9.80. The van der Waals surface area contributed by atoms with Gasteiger partial charge >= 0.3 is 5.97 Å². The van der Waals surface area contributed by atoms with Crippen LogP contribution in [0, 0.1) is 5.92 Å². The topological polar surface area (TPSA) is 96.0 Å².